The molecule has 0 atom stereocenters. The van der Waals surface area contributed by atoms with Gasteiger partial charge in [0.25, 0.3) is 10.1 Å². The fraction of sp³-hybridized carbons (Fsp3) is 1.00. The van der Waals surface area contributed by atoms with Gasteiger partial charge in [-0.05, 0) is 25.9 Å². The van der Waals surface area contributed by atoms with Crippen LogP contribution in [0.1, 0.15) is 25.7 Å². The maximum Gasteiger partial charge on any atom is 0.261 e. The first kappa shape index (κ1) is 15.3. The Labute approximate surface area is 80.2 Å². The van der Waals surface area contributed by atoms with Crippen molar-refractivity contribution in [2.75, 3.05) is 19.3 Å². The van der Waals surface area contributed by atoms with Crippen molar-refractivity contribution in [2.24, 2.45) is 11.5 Å². The van der Waals surface area contributed by atoms with E-state index in [9.17, 15) is 8.42 Å². The highest BCUT2D eigenvalue weighted by molar-refractivity contribution is 7.85. The summed E-state index contributed by atoms with van der Waals surface area (Å²) in [6.07, 6.45) is 5.51. The van der Waals surface area contributed by atoms with Crippen molar-refractivity contribution in [3.05, 3.63) is 0 Å². The van der Waals surface area contributed by atoms with Crippen molar-refractivity contribution < 1.29 is 13.0 Å². The van der Waals surface area contributed by atoms with Gasteiger partial charge in [0.05, 0.1) is 6.26 Å². The molecule has 5 N–H and O–H groups in total. The van der Waals surface area contributed by atoms with E-state index in [2.05, 4.69) is 0 Å². The van der Waals surface area contributed by atoms with Gasteiger partial charge in [0.15, 0.2) is 0 Å². The van der Waals surface area contributed by atoms with Crippen LogP contribution in [0.3, 0.4) is 0 Å². The fourth-order valence-corrected chi connectivity index (χ4v) is 0.642. The van der Waals surface area contributed by atoms with E-state index in [0.29, 0.717) is 6.26 Å². The molecule has 0 spiro atoms. The first-order chi connectivity index (χ1) is 5.91. The number of hydrogen-bond acceptors (Lipinski definition) is 4. The summed E-state index contributed by atoms with van der Waals surface area (Å²) in [6.45, 7) is 1.65. The van der Waals surface area contributed by atoms with Gasteiger partial charge in [0, 0.05) is 0 Å². The van der Waals surface area contributed by atoms with Crippen LogP contribution < -0.4 is 11.5 Å². The first-order valence-electron chi connectivity index (χ1n) is 4.24. The normalized spacial score (nSPS) is 10.5. The molecule has 82 valence electrons. The van der Waals surface area contributed by atoms with E-state index in [1.54, 1.807) is 0 Å². The maximum atomic E-state index is 9.19. The van der Waals surface area contributed by atoms with Crippen LogP contribution in [-0.2, 0) is 10.1 Å². The zero-order valence-electron chi connectivity index (χ0n) is 8.07. The quantitative estimate of drug-likeness (QED) is 0.438. The lowest BCUT2D eigenvalue weighted by Gasteiger charge is -1.94. The van der Waals surface area contributed by atoms with Gasteiger partial charge in [-0.1, -0.05) is 12.8 Å². The average Bonchev–Trinajstić information content (AvgIpc) is 1.95. The van der Waals surface area contributed by atoms with E-state index < -0.39 is 10.1 Å². The second-order valence-electron chi connectivity index (χ2n) is 2.72. The molecule has 0 aliphatic carbocycles. The lowest BCUT2D eigenvalue weighted by molar-refractivity contribution is 0.490. The zero-order valence-corrected chi connectivity index (χ0v) is 8.89. The van der Waals surface area contributed by atoms with Crippen LogP contribution >= 0.6 is 0 Å². The third-order valence-corrected chi connectivity index (χ3v) is 1.16. The molecule has 0 radical (unpaired) electrons. The van der Waals surface area contributed by atoms with Crippen LogP contribution in [0.4, 0.5) is 0 Å². The minimum atomic E-state index is -3.67. The molecule has 0 bridgehead atoms. The van der Waals surface area contributed by atoms with Gasteiger partial charge in [-0.15, -0.1) is 0 Å². The largest absolute Gasteiger partial charge is 0.330 e. The number of rotatable bonds is 5. The summed E-state index contributed by atoms with van der Waals surface area (Å²) in [4.78, 5) is 0. The monoisotopic (exact) mass is 212 g/mol. The molecule has 13 heavy (non-hydrogen) atoms. The van der Waals surface area contributed by atoms with Crippen LogP contribution in [-0.4, -0.2) is 32.3 Å². The molecule has 0 rings (SSSR count). The van der Waals surface area contributed by atoms with Crippen molar-refractivity contribution in [2.45, 2.75) is 25.7 Å². The molecule has 0 heterocycles. The van der Waals surface area contributed by atoms with Crippen molar-refractivity contribution in [3.63, 3.8) is 0 Å². The smallest absolute Gasteiger partial charge is 0.261 e. The summed E-state index contributed by atoms with van der Waals surface area (Å²) in [7, 11) is -3.67. The van der Waals surface area contributed by atoms with E-state index in [-0.39, 0.29) is 0 Å². The van der Waals surface area contributed by atoms with Gasteiger partial charge in [0.2, 0.25) is 0 Å². The van der Waals surface area contributed by atoms with E-state index in [4.69, 9.17) is 16.0 Å². The molecule has 0 saturated heterocycles. The van der Waals surface area contributed by atoms with Crippen molar-refractivity contribution in [1.82, 2.24) is 0 Å². The van der Waals surface area contributed by atoms with Crippen LogP contribution in [0.15, 0.2) is 0 Å². The number of nitrogens with two attached hydrogens (primary N) is 2. The molecule has 0 saturated carbocycles. The third-order valence-electron chi connectivity index (χ3n) is 1.16. The van der Waals surface area contributed by atoms with Crippen molar-refractivity contribution in [3.8, 4) is 0 Å². The van der Waals surface area contributed by atoms with Gasteiger partial charge in [-0.3, -0.25) is 4.55 Å². The van der Waals surface area contributed by atoms with Crippen LogP contribution in [0.5, 0.6) is 0 Å². The Hall–Kier alpha value is -0.170. The molecular formula is C7H20N2O3S. The Kier molecular flexibility index (Phi) is 11.7. The molecule has 0 aromatic rings. The minimum absolute atomic E-state index is 0.715. The molecule has 0 fully saturated rings. The average molecular weight is 212 g/mol. The van der Waals surface area contributed by atoms with Gasteiger partial charge in [-0.2, -0.15) is 8.42 Å². The lowest BCUT2D eigenvalue weighted by Crippen LogP contribution is -2.00. The third kappa shape index (κ3) is 49.0. The first-order valence-corrected chi connectivity index (χ1v) is 6.09. The maximum absolute atomic E-state index is 9.19. The summed E-state index contributed by atoms with van der Waals surface area (Å²) < 4.78 is 25.9. The Balaban J connectivity index is 0. The summed E-state index contributed by atoms with van der Waals surface area (Å²) in [5.41, 5.74) is 10.6. The van der Waals surface area contributed by atoms with Gasteiger partial charge in [0.1, 0.15) is 0 Å². The van der Waals surface area contributed by atoms with E-state index in [0.717, 1.165) is 25.9 Å². The molecule has 6 heteroatoms. The summed E-state index contributed by atoms with van der Waals surface area (Å²) in [6, 6.07) is 0. The molecule has 0 unspecified atom stereocenters. The topological polar surface area (TPSA) is 106 Å². The molecular weight excluding hydrogens is 192 g/mol. The second kappa shape index (κ2) is 9.91. The second-order valence-corrected chi connectivity index (χ2v) is 4.19. The number of hydrogen-bond donors (Lipinski definition) is 3. The Morgan fingerprint density at radius 1 is 1.00 bits per heavy atom. The Bertz CT molecular complexity index is 166. The predicted octanol–water partition coefficient (Wildman–Crippen LogP) is -0.0318. The molecule has 0 aromatic heterocycles. The lowest BCUT2D eigenvalue weighted by atomic mass is 10.2. The highest BCUT2D eigenvalue weighted by Gasteiger charge is 1.83. The molecule has 0 aromatic carbocycles. The number of unbranched alkanes of at least 4 members (excludes halogenated alkanes) is 3. The highest BCUT2D eigenvalue weighted by Crippen LogP contribution is 1.95. The predicted molar refractivity (Wildman–Crippen MR) is 54.0 cm³/mol. The van der Waals surface area contributed by atoms with Gasteiger partial charge < -0.3 is 11.5 Å². The van der Waals surface area contributed by atoms with Crippen LogP contribution in [0.25, 0.3) is 0 Å². The van der Waals surface area contributed by atoms with Gasteiger partial charge >= 0.3 is 0 Å². The SMILES string of the molecule is CS(=O)(=O)O.NCCCCCCN. The highest BCUT2D eigenvalue weighted by atomic mass is 32.2. The molecule has 0 aliphatic rings. The fourth-order valence-electron chi connectivity index (χ4n) is 0.642. The van der Waals surface area contributed by atoms with Crippen molar-refractivity contribution >= 4 is 10.1 Å². The van der Waals surface area contributed by atoms with E-state index in [1.807, 2.05) is 0 Å². The minimum Gasteiger partial charge on any atom is -0.330 e. The summed E-state index contributed by atoms with van der Waals surface area (Å²) >= 11 is 0. The van der Waals surface area contributed by atoms with E-state index in [1.165, 1.54) is 12.8 Å². The van der Waals surface area contributed by atoms with E-state index >= 15 is 0 Å². The standard InChI is InChI=1S/C6H16N2.CH4O3S/c7-5-3-1-2-4-6-8;1-5(2,3)4/h1-8H2;1H3,(H,2,3,4). The van der Waals surface area contributed by atoms with Crippen molar-refractivity contribution in [1.29, 1.82) is 0 Å². The van der Waals surface area contributed by atoms with Crippen LogP contribution in [0.2, 0.25) is 0 Å². The Morgan fingerprint density at radius 3 is 1.38 bits per heavy atom. The molecule has 5 nitrogen and oxygen atoms in total. The summed E-state index contributed by atoms with van der Waals surface area (Å²) in [5, 5.41) is 0. The van der Waals surface area contributed by atoms with Crippen LogP contribution in [0, 0.1) is 0 Å². The molecule has 0 aliphatic heterocycles. The van der Waals surface area contributed by atoms with Gasteiger partial charge in [-0.25, -0.2) is 0 Å². The summed E-state index contributed by atoms with van der Waals surface area (Å²) in [5.74, 6) is 0. The zero-order chi connectivity index (χ0) is 10.7. The Morgan fingerprint density at radius 2 is 1.23 bits per heavy atom. The molecule has 0 amide bonds.